The lowest BCUT2D eigenvalue weighted by molar-refractivity contribution is 0.747. The summed E-state index contributed by atoms with van der Waals surface area (Å²) in [5, 5.41) is 17.6. The zero-order chi connectivity index (χ0) is 16.2. The topological polar surface area (TPSA) is 54.5 Å². The fourth-order valence-electron chi connectivity index (χ4n) is 2.68. The molecule has 0 fully saturated rings. The largest absolute Gasteiger partial charge is 0.216 e. The summed E-state index contributed by atoms with van der Waals surface area (Å²) in [6.07, 6.45) is 1.58. The van der Waals surface area contributed by atoms with E-state index >= 15 is 0 Å². The normalized spacial score (nSPS) is 10.5. The summed E-state index contributed by atoms with van der Waals surface area (Å²) in [7, 11) is 0. The third kappa shape index (κ3) is 3.00. The van der Waals surface area contributed by atoms with Crippen LogP contribution >= 0.6 is 0 Å². The summed E-state index contributed by atoms with van der Waals surface area (Å²) < 4.78 is 1.81. The molecule has 0 N–H and O–H groups in total. The van der Waals surface area contributed by atoms with Gasteiger partial charge in [0.05, 0.1) is 11.4 Å². The van der Waals surface area contributed by atoms with Gasteiger partial charge in [0.1, 0.15) is 6.07 Å². The molecule has 23 heavy (non-hydrogen) atoms. The van der Waals surface area contributed by atoms with Crippen molar-refractivity contribution < 1.29 is 0 Å². The Morgan fingerprint density at radius 2 is 1.78 bits per heavy atom. The van der Waals surface area contributed by atoms with Gasteiger partial charge >= 0.3 is 0 Å². The van der Waals surface area contributed by atoms with Crippen LogP contribution in [0.2, 0.25) is 0 Å². The lowest BCUT2D eigenvalue weighted by Crippen LogP contribution is -2.07. The summed E-state index contributed by atoms with van der Waals surface area (Å²) >= 11 is 0. The van der Waals surface area contributed by atoms with Gasteiger partial charge in [-0.1, -0.05) is 47.7 Å². The Hall–Kier alpha value is -2.93. The van der Waals surface area contributed by atoms with Crippen molar-refractivity contribution in [3.8, 4) is 11.8 Å². The molecule has 0 amide bonds. The molecule has 0 aliphatic heterocycles. The van der Waals surface area contributed by atoms with Crippen LogP contribution in [0.1, 0.15) is 28.1 Å². The van der Waals surface area contributed by atoms with Gasteiger partial charge in [0, 0.05) is 0 Å². The number of aromatic nitrogens is 3. The molecule has 0 saturated heterocycles. The molecule has 2 aromatic carbocycles. The van der Waals surface area contributed by atoms with Crippen LogP contribution in [0.5, 0.6) is 0 Å². The first-order valence-electron chi connectivity index (χ1n) is 7.66. The number of benzene rings is 2. The van der Waals surface area contributed by atoms with E-state index in [1.807, 2.05) is 35.0 Å². The predicted octanol–water partition coefficient (Wildman–Crippen LogP) is 3.54. The Balaban J connectivity index is 1.98. The van der Waals surface area contributed by atoms with Gasteiger partial charge in [-0.05, 0) is 49.4 Å². The number of nitrogens with zero attached hydrogens (tertiary/aromatic N) is 4. The zero-order valence-corrected chi connectivity index (χ0v) is 13.3. The maximum absolute atomic E-state index is 9.33. The number of hydrogen-bond donors (Lipinski definition) is 0. The highest BCUT2D eigenvalue weighted by Gasteiger charge is 2.15. The average molecular weight is 302 g/mol. The summed E-state index contributed by atoms with van der Waals surface area (Å²) in [6.45, 7) is 4.14. The lowest BCUT2D eigenvalue weighted by Gasteiger charge is -2.11. The van der Waals surface area contributed by atoms with Crippen molar-refractivity contribution in [1.82, 2.24) is 15.0 Å². The SMILES string of the molecule is Cc1cccc(-n2nnc(C#N)c2CCc2ccccc2)c1C. The molecule has 1 heterocycles. The Bertz CT molecular complexity index is 857. The molecule has 3 rings (SSSR count). The Morgan fingerprint density at radius 1 is 1.00 bits per heavy atom. The molecular formula is C19H18N4. The minimum atomic E-state index is 0.404. The number of nitriles is 1. The van der Waals surface area contributed by atoms with E-state index < -0.39 is 0 Å². The van der Waals surface area contributed by atoms with E-state index in [4.69, 9.17) is 0 Å². The molecule has 114 valence electrons. The van der Waals surface area contributed by atoms with Gasteiger partial charge < -0.3 is 0 Å². The van der Waals surface area contributed by atoms with Crippen molar-refractivity contribution in [2.75, 3.05) is 0 Å². The van der Waals surface area contributed by atoms with Gasteiger partial charge in [-0.25, -0.2) is 4.68 Å². The standard InChI is InChI=1S/C19H18N4/c1-14-7-6-10-18(15(14)2)23-19(17(13-20)21-22-23)12-11-16-8-4-3-5-9-16/h3-10H,11-12H2,1-2H3. The van der Waals surface area contributed by atoms with Gasteiger partial charge in [-0.2, -0.15) is 5.26 Å². The molecular weight excluding hydrogens is 284 g/mol. The first-order chi connectivity index (χ1) is 11.2. The number of aryl methyl sites for hydroxylation is 2. The zero-order valence-electron chi connectivity index (χ0n) is 13.3. The minimum absolute atomic E-state index is 0.404. The van der Waals surface area contributed by atoms with Gasteiger partial charge in [-0.3, -0.25) is 0 Å². The third-order valence-corrected chi connectivity index (χ3v) is 4.17. The van der Waals surface area contributed by atoms with E-state index in [-0.39, 0.29) is 0 Å². The minimum Gasteiger partial charge on any atom is -0.216 e. The second-order valence-electron chi connectivity index (χ2n) is 5.61. The molecule has 0 saturated carbocycles. The highest BCUT2D eigenvalue weighted by Crippen LogP contribution is 2.20. The van der Waals surface area contributed by atoms with Crippen LogP contribution in [0, 0.1) is 25.2 Å². The van der Waals surface area contributed by atoms with E-state index in [1.54, 1.807) is 0 Å². The van der Waals surface area contributed by atoms with Crippen molar-refractivity contribution in [2.24, 2.45) is 0 Å². The summed E-state index contributed by atoms with van der Waals surface area (Å²) in [4.78, 5) is 0. The van der Waals surface area contributed by atoms with Crippen LogP contribution in [0.3, 0.4) is 0 Å². The molecule has 0 spiro atoms. The van der Waals surface area contributed by atoms with Crippen LogP contribution < -0.4 is 0 Å². The maximum Gasteiger partial charge on any atom is 0.186 e. The molecule has 3 aromatic rings. The van der Waals surface area contributed by atoms with Crippen molar-refractivity contribution in [1.29, 1.82) is 5.26 Å². The van der Waals surface area contributed by atoms with Crippen molar-refractivity contribution in [3.05, 3.63) is 76.6 Å². The van der Waals surface area contributed by atoms with Gasteiger partial charge in [0.15, 0.2) is 5.69 Å². The number of rotatable bonds is 4. The van der Waals surface area contributed by atoms with E-state index in [0.717, 1.165) is 29.8 Å². The third-order valence-electron chi connectivity index (χ3n) is 4.17. The molecule has 0 unspecified atom stereocenters. The Labute approximate surface area is 136 Å². The summed E-state index contributed by atoms with van der Waals surface area (Å²) in [5.74, 6) is 0. The van der Waals surface area contributed by atoms with Crippen molar-refractivity contribution in [3.63, 3.8) is 0 Å². The average Bonchev–Trinajstić information content (AvgIpc) is 2.99. The molecule has 0 bridgehead atoms. The van der Waals surface area contributed by atoms with Crippen LogP contribution in [0.4, 0.5) is 0 Å². The summed E-state index contributed by atoms with van der Waals surface area (Å²) in [5.41, 5.74) is 5.85. The lowest BCUT2D eigenvalue weighted by atomic mass is 10.1. The van der Waals surface area contributed by atoms with E-state index in [9.17, 15) is 5.26 Å². The highest BCUT2D eigenvalue weighted by atomic mass is 15.4. The fourth-order valence-corrected chi connectivity index (χ4v) is 2.68. The van der Waals surface area contributed by atoms with Crippen LogP contribution in [-0.2, 0) is 12.8 Å². The Kier molecular flexibility index (Phi) is 4.20. The highest BCUT2D eigenvalue weighted by molar-refractivity contribution is 5.46. The van der Waals surface area contributed by atoms with Crippen LogP contribution in [-0.4, -0.2) is 15.0 Å². The first kappa shape index (κ1) is 15.0. The molecule has 0 aliphatic rings. The predicted molar refractivity (Wildman–Crippen MR) is 89.4 cm³/mol. The van der Waals surface area contributed by atoms with Crippen LogP contribution in [0.25, 0.3) is 5.69 Å². The summed E-state index contributed by atoms with van der Waals surface area (Å²) in [6, 6.07) is 18.5. The first-order valence-corrected chi connectivity index (χ1v) is 7.66. The monoisotopic (exact) mass is 302 g/mol. The fraction of sp³-hybridized carbons (Fsp3) is 0.211. The maximum atomic E-state index is 9.33. The molecule has 1 aromatic heterocycles. The molecule has 0 aliphatic carbocycles. The van der Waals surface area contributed by atoms with Crippen molar-refractivity contribution in [2.45, 2.75) is 26.7 Å². The van der Waals surface area contributed by atoms with Gasteiger partial charge in [0.2, 0.25) is 0 Å². The smallest absolute Gasteiger partial charge is 0.186 e. The second-order valence-corrected chi connectivity index (χ2v) is 5.61. The van der Waals surface area contributed by atoms with E-state index in [1.165, 1.54) is 11.1 Å². The molecule has 4 nitrogen and oxygen atoms in total. The molecule has 0 radical (unpaired) electrons. The Morgan fingerprint density at radius 3 is 2.52 bits per heavy atom. The number of hydrogen-bond acceptors (Lipinski definition) is 3. The quantitative estimate of drug-likeness (QED) is 0.740. The van der Waals surface area contributed by atoms with Gasteiger partial charge in [-0.15, -0.1) is 5.10 Å². The van der Waals surface area contributed by atoms with E-state index in [0.29, 0.717) is 5.69 Å². The van der Waals surface area contributed by atoms with Crippen molar-refractivity contribution >= 4 is 0 Å². The molecule has 4 heteroatoms. The van der Waals surface area contributed by atoms with Gasteiger partial charge in [0.25, 0.3) is 0 Å². The molecule has 0 atom stereocenters. The second kappa shape index (κ2) is 6.45. The van der Waals surface area contributed by atoms with Crippen LogP contribution in [0.15, 0.2) is 48.5 Å². The van der Waals surface area contributed by atoms with E-state index in [2.05, 4.69) is 48.4 Å².